The van der Waals surface area contributed by atoms with Crippen molar-refractivity contribution >= 4 is 17.8 Å². The minimum Gasteiger partial charge on any atom is -0.489 e. The van der Waals surface area contributed by atoms with Gasteiger partial charge in [0.05, 0.1) is 24.6 Å². The Balaban J connectivity index is 1.55. The zero-order valence-electron chi connectivity index (χ0n) is 22.8. The number of carbonyl (C=O) groups is 3. The first-order valence-electron chi connectivity index (χ1n) is 13.6. The second-order valence-electron chi connectivity index (χ2n) is 10.3. The fraction of sp³-hybridized carbons (Fsp3) is 0.452. The molecule has 8 nitrogen and oxygen atoms in total. The molecule has 210 valence electrons. The van der Waals surface area contributed by atoms with Crippen molar-refractivity contribution in [1.29, 1.82) is 0 Å². The van der Waals surface area contributed by atoms with Crippen LogP contribution in [0, 0.1) is 11.8 Å². The van der Waals surface area contributed by atoms with E-state index in [4.69, 9.17) is 9.47 Å². The van der Waals surface area contributed by atoms with E-state index in [1.807, 2.05) is 80.6 Å². The van der Waals surface area contributed by atoms with Crippen LogP contribution in [0.4, 0.5) is 0 Å². The molecule has 0 radical (unpaired) electrons. The summed E-state index contributed by atoms with van der Waals surface area (Å²) in [5.74, 6) is -0.618. The summed E-state index contributed by atoms with van der Waals surface area (Å²) < 4.78 is 11.1. The zero-order valence-corrected chi connectivity index (χ0v) is 22.8. The average Bonchev–Trinajstić information content (AvgIpc) is 2.93. The molecule has 0 aromatic heterocycles. The Morgan fingerprint density at radius 2 is 1.82 bits per heavy atom. The van der Waals surface area contributed by atoms with Crippen LogP contribution in [-0.2, 0) is 32.1 Å². The van der Waals surface area contributed by atoms with Gasteiger partial charge in [0.15, 0.2) is 0 Å². The van der Waals surface area contributed by atoms with E-state index in [2.05, 4.69) is 10.6 Å². The van der Waals surface area contributed by atoms with Gasteiger partial charge in [-0.25, -0.2) is 0 Å². The number of rotatable bonds is 10. The Hall–Kier alpha value is -3.65. The number of aliphatic hydroxyl groups excluding tert-OH is 1. The minimum absolute atomic E-state index is 0.0104. The van der Waals surface area contributed by atoms with Gasteiger partial charge < -0.3 is 25.2 Å². The van der Waals surface area contributed by atoms with Gasteiger partial charge in [-0.05, 0) is 48.4 Å². The standard InChI is InChI=1S/C31H40N2O6/c1-22(2)28-21-39-30(36)12-8-4-7-11-25(31(37)33-28)18-29(35)32-26(19-34)17-23-13-15-27(16-14-23)38-20-24-9-5-3-6-10-24/h3-7,9-10,13-16,22,25-26,28,34H,8,11-12,17-21H2,1-2H3,(H,32,35)(H,33,37)/t25-,26+,28-/m1/s1. The summed E-state index contributed by atoms with van der Waals surface area (Å²) in [5.41, 5.74) is 2.03. The van der Waals surface area contributed by atoms with Crippen LogP contribution in [0.25, 0.3) is 0 Å². The lowest BCUT2D eigenvalue weighted by molar-refractivity contribution is -0.145. The first-order valence-corrected chi connectivity index (χ1v) is 13.6. The maximum absolute atomic E-state index is 13.1. The number of benzene rings is 2. The number of amides is 2. The van der Waals surface area contributed by atoms with Crippen LogP contribution in [-0.4, -0.2) is 48.2 Å². The normalized spacial score (nSPS) is 19.3. The van der Waals surface area contributed by atoms with Crippen LogP contribution in [0.1, 0.15) is 50.7 Å². The number of allylic oxidation sites excluding steroid dienone is 2. The van der Waals surface area contributed by atoms with Crippen LogP contribution in [0.2, 0.25) is 0 Å². The topological polar surface area (TPSA) is 114 Å². The lowest BCUT2D eigenvalue weighted by Crippen LogP contribution is -2.46. The van der Waals surface area contributed by atoms with E-state index in [1.54, 1.807) is 0 Å². The van der Waals surface area contributed by atoms with Crippen molar-refractivity contribution in [1.82, 2.24) is 10.6 Å². The van der Waals surface area contributed by atoms with Crippen LogP contribution >= 0.6 is 0 Å². The van der Waals surface area contributed by atoms with Crippen LogP contribution in [0.15, 0.2) is 66.7 Å². The summed E-state index contributed by atoms with van der Waals surface area (Å²) in [7, 11) is 0. The number of nitrogens with one attached hydrogen (secondary N) is 2. The molecule has 39 heavy (non-hydrogen) atoms. The van der Waals surface area contributed by atoms with Crippen LogP contribution < -0.4 is 15.4 Å². The lowest BCUT2D eigenvalue weighted by Gasteiger charge is -2.25. The van der Waals surface area contributed by atoms with E-state index >= 15 is 0 Å². The molecular formula is C31H40N2O6. The monoisotopic (exact) mass is 536 g/mol. The van der Waals surface area contributed by atoms with Crippen LogP contribution in [0.5, 0.6) is 5.75 Å². The van der Waals surface area contributed by atoms with E-state index in [9.17, 15) is 19.5 Å². The third kappa shape index (κ3) is 10.6. The maximum Gasteiger partial charge on any atom is 0.306 e. The number of esters is 1. The van der Waals surface area contributed by atoms with Crippen molar-refractivity contribution in [2.45, 2.75) is 64.6 Å². The summed E-state index contributed by atoms with van der Waals surface area (Å²) in [5, 5.41) is 15.7. The molecule has 0 unspecified atom stereocenters. The molecule has 1 aliphatic rings. The van der Waals surface area contributed by atoms with E-state index in [-0.39, 0.29) is 55.8 Å². The number of cyclic esters (lactones) is 1. The predicted octanol–water partition coefficient (Wildman–Crippen LogP) is 3.72. The van der Waals surface area contributed by atoms with Gasteiger partial charge in [-0.15, -0.1) is 0 Å². The number of aliphatic hydroxyl groups is 1. The Labute approximate surface area is 230 Å². The molecular weight excluding hydrogens is 496 g/mol. The van der Waals surface area contributed by atoms with Gasteiger partial charge in [-0.3, -0.25) is 14.4 Å². The van der Waals surface area contributed by atoms with E-state index in [0.29, 0.717) is 25.9 Å². The smallest absolute Gasteiger partial charge is 0.306 e. The summed E-state index contributed by atoms with van der Waals surface area (Å²) in [4.78, 5) is 37.8. The number of ether oxygens (including phenoxy) is 2. The molecule has 3 atom stereocenters. The van der Waals surface area contributed by atoms with Crippen molar-refractivity contribution in [2.24, 2.45) is 11.8 Å². The highest BCUT2D eigenvalue weighted by atomic mass is 16.5. The number of carbonyl (C=O) groups excluding carboxylic acids is 3. The molecule has 0 fully saturated rings. The molecule has 2 aromatic rings. The van der Waals surface area contributed by atoms with Crippen molar-refractivity contribution < 1.29 is 29.0 Å². The summed E-state index contributed by atoms with van der Waals surface area (Å²) >= 11 is 0. The SMILES string of the molecule is CC(C)[C@H]1COC(=O)CCC=CC[C@H](CC(=O)N[C@H](CO)Cc2ccc(OCc3ccccc3)cc2)C(=O)N1. The Morgan fingerprint density at radius 3 is 2.51 bits per heavy atom. The molecule has 3 N–H and O–H groups in total. The Bertz CT molecular complexity index is 1080. The average molecular weight is 537 g/mol. The molecule has 0 bridgehead atoms. The highest BCUT2D eigenvalue weighted by Gasteiger charge is 2.26. The van der Waals surface area contributed by atoms with Gasteiger partial charge in [0.2, 0.25) is 11.8 Å². The number of hydrogen-bond acceptors (Lipinski definition) is 6. The summed E-state index contributed by atoms with van der Waals surface area (Å²) in [6, 6.07) is 16.7. The molecule has 8 heteroatoms. The molecule has 0 aliphatic carbocycles. The highest BCUT2D eigenvalue weighted by molar-refractivity contribution is 5.86. The van der Waals surface area contributed by atoms with Gasteiger partial charge in [-0.1, -0.05) is 68.5 Å². The quantitative estimate of drug-likeness (QED) is 0.315. The lowest BCUT2D eigenvalue weighted by atomic mass is 9.96. The van der Waals surface area contributed by atoms with E-state index in [0.717, 1.165) is 16.9 Å². The number of hydrogen-bond donors (Lipinski definition) is 3. The van der Waals surface area contributed by atoms with Crippen LogP contribution in [0.3, 0.4) is 0 Å². The van der Waals surface area contributed by atoms with E-state index in [1.165, 1.54) is 0 Å². The Morgan fingerprint density at radius 1 is 1.08 bits per heavy atom. The van der Waals surface area contributed by atoms with Crippen molar-refractivity contribution in [2.75, 3.05) is 13.2 Å². The molecule has 0 spiro atoms. The second kappa shape index (κ2) is 15.7. The molecule has 2 amide bonds. The first-order chi connectivity index (χ1) is 18.8. The molecule has 0 saturated carbocycles. The second-order valence-corrected chi connectivity index (χ2v) is 10.3. The van der Waals surface area contributed by atoms with Crippen molar-refractivity contribution in [3.05, 3.63) is 77.9 Å². The maximum atomic E-state index is 13.1. The molecule has 1 aliphatic heterocycles. The fourth-order valence-corrected chi connectivity index (χ4v) is 4.24. The Kier molecular flexibility index (Phi) is 12.0. The largest absolute Gasteiger partial charge is 0.489 e. The van der Waals surface area contributed by atoms with Crippen molar-refractivity contribution in [3.63, 3.8) is 0 Å². The zero-order chi connectivity index (χ0) is 28.0. The van der Waals surface area contributed by atoms with Gasteiger partial charge in [0.25, 0.3) is 0 Å². The minimum atomic E-state index is -0.571. The molecule has 3 rings (SSSR count). The molecule has 2 aromatic carbocycles. The van der Waals surface area contributed by atoms with Gasteiger partial charge in [-0.2, -0.15) is 0 Å². The van der Waals surface area contributed by atoms with Gasteiger partial charge >= 0.3 is 5.97 Å². The third-order valence-electron chi connectivity index (χ3n) is 6.70. The van der Waals surface area contributed by atoms with Gasteiger partial charge in [0.1, 0.15) is 19.0 Å². The van der Waals surface area contributed by atoms with Gasteiger partial charge in [0, 0.05) is 12.8 Å². The van der Waals surface area contributed by atoms with E-state index < -0.39 is 12.0 Å². The highest BCUT2D eigenvalue weighted by Crippen LogP contribution is 2.17. The van der Waals surface area contributed by atoms with Crippen molar-refractivity contribution in [3.8, 4) is 5.75 Å². The predicted molar refractivity (Wildman–Crippen MR) is 149 cm³/mol. The fourth-order valence-electron chi connectivity index (χ4n) is 4.24. The third-order valence-corrected chi connectivity index (χ3v) is 6.70. The molecule has 1 heterocycles. The molecule has 0 saturated heterocycles. The summed E-state index contributed by atoms with van der Waals surface area (Å²) in [6.45, 7) is 4.24. The summed E-state index contributed by atoms with van der Waals surface area (Å²) in [6.07, 6.45) is 5.29. The first kappa shape index (κ1) is 29.9.